The summed E-state index contributed by atoms with van der Waals surface area (Å²) in [7, 11) is 3.12. The van der Waals surface area contributed by atoms with E-state index in [9.17, 15) is 14.4 Å². The van der Waals surface area contributed by atoms with Crippen molar-refractivity contribution in [2.24, 2.45) is 0 Å². The molecule has 0 bridgehead atoms. The van der Waals surface area contributed by atoms with Crippen molar-refractivity contribution in [2.45, 2.75) is 50.0 Å². The van der Waals surface area contributed by atoms with Crippen LogP contribution in [0.3, 0.4) is 0 Å². The van der Waals surface area contributed by atoms with Gasteiger partial charge in [0.25, 0.3) is 0 Å². The van der Waals surface area contributed by atoms with Crippen molar-refractivity contribution < 1.29 is 23.9 Å². The van der Waals surface area contributed by atoms with Crippen LogP contribution in [0.2, 0.25) is 0 Å². The van der Waals surface area contributed by atoms with Crippen LogP contribution in [0.5, 0.6) is 5.75 Å². The fourth-order valence-electron chi connectivity index (χ4n) is 5.12. The van der Waals surface area contributed by atoms with Gasteiger partial charge in [0, 0.05) is 56.8 Å². The highest BCUT2D eigenvalue weighted by Gasteiger charge is 2.55. The summed E-state index contributed by atoms with van der Waals surface area (Å²) in [4.78, 5) is 48.3. The number of nitrogens with zero attached hydrogens (tertiary/aromatic N) is 3. The third kappa shape index (κ3) is 4.59. The average molecular weight is 486 g/mol. The molecule has 182 valence electrons. The number of carbonyl (C=O) groups is 3. The Morgan fingerprint density at radius 1 is 1.24 bits per heavy atom. The quantitative estimate of drug-likeness (QED) is 0.400. The lowest BCUT2D eigenvalue weighted by Crippen LogP contribution is -2.46. The zero-order chi connectivity index (χ0) is 24.1. The molecular formula is C25H31N3O5S. The Morgan fingerprint density at radius 2 is 2.06 bits per heavy atom. The molecule has 4 rings (SSSR count). The number of likely N-dealkylation sites (tertiary alicyclic amines) is 2. The zero-order valence-corrected chi connectivity index (χ0v) is 20.5. The van der Waals surface area contributed by atoms with E-state index in [0.29, 0.717) is 30.9 Å². The highest BCUT2D eigenvalue weighted by Crippen LogP contribution is 2.45. The maximum Gasteiger partial charge on any atom is 0.241 e. The number of thiazole rings is 1. The van der Waals surface area contributed by atoms with Crippen LogP contribution in [0.15, 0.2) is 35.8 Å². The van der Waals surface area contributed by atoms with Crippen LogP contribution >= 0.6 is 11.3 Å². The van der Waals surface area contributed by atoms with Gasteiger partial charge in [-0.2, -0.15) is 0 Å². The van der Waals surface area contributed by atoms with Crippen molar-refractivity contribution in [3.8, 4) is 5.75 Å². The van der Waals surface area contributed by atoms with Gasteiger partial charge in [-0.15, -0.1) is 11.3 Å². The van der Waals surface area contributed by atoms with Gasteiger partial charge in [0.15, 0.2) is 0 Å². The number of para-hydroxylation sites is 1. The minimum atomic E-state index is -1.29. The minimum absolute atomic E-state index is 0.0549. The molecule has 2 aliphatic rings. The van der Waals surface area contributed by atoms with Crippen molar-refractivity contribution in [1.82, 2.24) is 14.8 Å². The number of piperidine rings is 1. The van der Waals surface area contributed by atoms with Gasteiger partial charge in [-0.1, -0.05) is 18.2 Å². The van der Waals surface area contributed by atoms with Crippen LogP contribution in [0.25, 0.3) is 0 Å². The van der Waals surface area contributed by atoms with Crippen molar-refractivity contribution in [3.63, 3.8) is 0 Å². The van der Waals surface area contributed by atoms with Gasteiger partial charge >= 0.3 is 0 Å². The molecule has 0 saturated carbocycles. The first kappa shape index (κ1) is 24.3. The molecule has 34 heavy (non-hydrogen) atoms. The highest BCUT2D eigenvalue weighted by atomic mass is 32.1. The molecule has 3 amide bonds. The predicted molar refractivity (Wildman–Crippen MR) is 128 cm³/mol. The number of benzene rings is 1. The van der Waals surface area contributed by atoms with Gasteiger partial charge in [0.2, 0.25) is 17.7 Å². The van der Waals surface area contributed by atoms with Gasteiger partial charge in [-0.3, -0.25) is 19.3 Å². The van der Waals surface area contributed by atoms with E-state index in [1.807, 2.05) is 22.4 Å². The summed E-state index contributed by atoms with van der Waals surface area (Å²) >= 11 is 1.54. The number of aromatic nitrogens is 1. The lowest BCUT2D eigenvalue weighted by Gasteiger charge is -2.37. The molecular weight excluding hydrogens is 454 g/mol. The maximum absolute atomic E-state index is 13.9. The van der Waals surface area contributed by atoms with E-state index in [1.54, 1.807) is 36.8 Å². The fraction of sp³-hybridized carbons (Fsp3) is 0.520. The summed E-state index contributed by atoms with van der Waals surface area (Å²) in [5.41, 5.74) is -0.708. The topological polar surface area (TPSA) is 89.0 Å². The Labute approximate surface area is 203 Å². The van der Waals surface area contributed by atoms with E-state index >= 15 is 0 Å². The molecule has 9 heteroatoms. The molecule has 2 saturated heterocycles. The second-order valence-electron chi connectivity index (χ2n) is 8.80. The van der Waals surface area contributed by atoms with Crippen molar-refractivity contribution in [1.29, 1.82) is 0 Å². The van der Waals surface area contributed by atoms with Gasteiger partial charge in [-0.25, -0.2) is 4.98 Å². The van der Waals surface area contributed by atoms with E-state index in [-0.39, 0.29) is 43.1 Å². The number of imide groups is 1. The third-order valence-corrected chi connectivity index (χ3v) is 7.65. The molecule has 2 atom stereocenters. The van der Waals surface area contributed by atoms with E-state index in [0.717, 1.165) is 24.3 Å². The van der Waals surface area contributed by atoms with E-state index in [1.165, 1.54) is 12.0 Å². The molecule has 2 fully saturated rings. The normalized spacial score (nSPS) is 22.9. The molecule has 1 aromatic carbocycles. The Morgan fingerprint density at radius 3 is 2.79 bits per heavy atom. The summed E-state index contributed by atoms with van der Waals surface area (Å²) in [6, 6.07) is 7.10. The first-order valence-electron chi connectivity index (χ1n) is 11.7. The van der Waals surface area contributed by atoms with Gasteiger partial charge in [0.1, 0.15) is 10.8 Å². The second-order valence-corrected chi connectivity index (χ2v) is 9.73. The largest absolute Gasteiger partial charge is 0.496 e. The smallest absolute Gasteiger partial charge is 0.241 e. The van der Waals surface area contributed by atoms with E-state index in [2.05, 4.69) is 4.98 Å². The molecule has 0 unspecified atom stereocenters. The van der Waals surface area contributed by atoms with Crippen LogP contribution in [-0.4, -0.2) is 66.4 Å². The summed E-state index contributed by atoms with van der Waals surface area (Å²) in [6.45, 7) is 1.33. The van der Waals surface area contributed by atoms with Crippen LogP contribution in [0, 0.1) is 0 Å². The lowest BCUT2D eigenvalue weighted by atomic mass is 9.75. The number of hydrogen-bond donors (Lipinski definition) is 0. The molecule has 8 nitrogen and oxygen atoms in total. The van der Waals surface area contributed by atoms with Gasteiger partial charge in [-0.05, 0) is 31.7 Å². The molecule has 0 aliphatic carbocycles. The summed E-state index contributed by atoms with van der Waals surface area (Å²) in [5, 5.41) is 2.83. The molecule has 2 aromatic rings. The Bertz CT molecular complexity index is 1030. The highest BCUT2D eigenvalue weighted by molar-refractivity contribution is 7.09. The number of amides is 3. The first-order valence-corrected chi connectivity index (χ1v) is 12.6. The number of hydrogen-bond acceptors (Lipinski definition) is 7. The Kier molecular flexibility index (Phi) is 7.63. The molecule has 0 N–H and O–H groups in total. The van der Waals surface area contributed by atoms with Crippen LogP contribution < -0.4 is 4.74 Å². The van der Waals surface area contributed by atoms with Crippen molar-refractivity contribution >= 4 is 29.1 Å². The standard InChI is InChI=1S/C25H31N3O5S/c1-32-14-7-13-28-22(30)17-25(24(28)31,18-8-3-4-10-20(18)33-2)16-21(29)27-12-6-5-9-19(27)23-26-11-15-34-23/h3-4,8,10-11,15,19H,5-7,9,12-14,16-17H2,1-2H3/t19-,25-/m0/s1. The predicted octanol–water partition coefficient (Wildman–Crippen LogP) is 3.33. The summed E-state index contributed by atoms with van der Waals surface area (Å²) < 4.78 is 10.7. The van der Waals surface area contributed by atoms with Crippen LogP contribution in [0.4, 0.5) is 0 Å². The second kappa shape index (κ2) is 10.7. The molecule has 2 aliphatic heterocycles. The number of ether oxygens (including phenoxy) is 2. The Hall–Kier alpha value is -2.78. The third-order valence-electron chi connectivity index (χ3n) is 6.77. The van der Waals surface area contributed by atoms with Gasteiger partial charge < -0.3 is 14.4 Å². The molecule has 0 spiro atoms. The maximum atomic E-state index is 13.9. The van der Waals surface area contributed by atoms with E-state index in [4.69, 9.17) is 9.47 Å². The molecule has 3 heterocycles. The first-order chi connectivity index (χ1) is 16.5. The fourth-order valence-corrected chi connectivity index (χ4v) is 5.91. The van der Waals surface area contributed by atoms with Crippen molar-refractivity contribution in [2.75, 3.05) is 33.9 Å². The van der Waals surface area contributed by atoms with Crippen molar-refractivity contribution in [3.05, 3.63) is 46.4 Å². The van der Waals surface area contributed by atoms with Crippen LogP contribution in [0.1, 0.15) is 55.1 Å². The SMILES string of the molecule is COCCCN1C(=O)C[C@@](CC(=O)N2CCCC[C@H]2c2nccs2)(c2ccccc2OC)C1=O. The summed E-state index contributed by atoms with van der Waals surface area (Å²) in [6.07, 6.45) is 4.94. The molecule has 0 radical (unpaired) electrons. The number of carbonyl (C=O) groups excluding carboxylic acids is 3. The number of rotatable bonds is 9. The summed E-state index contributed by atoms with van der Waals surface area (Å²) in [5.74, 6) is -0.236. The van der Waals surface area contributed by atoms with Gasteiger partial charge in [0.05, 0.1) is 18.6 Å². The minimum Gasteiger partial charge on any atom is -0.496 e. The Balaban J connectivity index is 1.69. The van der Waals surface area contributed by atoms with E-state index < -0.39 is 5.41 Å². The number of methoxy groups -OCH3 is 2. The zero-order valence-electron chi connectivity index (χ0n) is 19.7. The van der Waals surface area contributed by atoms with Crippen LogP contribution in [-0.2, 0) is 24.5 Å². The monoisotopic (exact) mass is 485 g/mol. The average Bonchev–Trinajstić information content (AvgIpc) is 3.47. The lowest BCUT2D eigenvalue weighted by molar-refractivity contribution is -0.144. The molecule has 1 aromatic heterocycles.